The summed E-state index contributed by atoms with van der Waals surface area (Å²) in [6.45, 7) is 1.20. The lowest BCUT2D eigenvalue weighted by Gasteiger charge is -2.15. The minimum absolute atomic E-state index is 0.0120. The molecule has 0 aliphatic rings. The lowest BCUT2D eigenvalue weighted by atomic mass is 10.2. The van der Waals surface area contributed by atoms with Gasteiger partial charge in [-0.25, -0.2) is 4.79 Å². The Kier molecular flexibility index (Phi) is 5.05. The second-order valence-electron chi connectivity index (χ2n) is 3.92. The normalized spacial score (nSPS) is 9.84. The van der Waals surface area contributed by atoms with Crippen molar-refractivity contribution in [2.24, 2.45) is 0 Å². The molecule has 19 heavy (non-hydrogen) atoms. The molecule has 0 heterocycles. The first-order chi connectivity index (χ1) is 8.81. The first kappa shape index (κ1) is 15.2. The summed E-state index contributed by atoms with van der Waals surface area (Å²) < 4.78 is 0.646. The maximum absolute atomic E-state index is 11.7. The number of rotatable bonds is 4. The molecule has 0 aliphatic carbocycles. The molecule has 1 rings (SSSR count). The van der Waals surface area contributed by atoms with Crippen molar-refractivity contribution in [3.8, 4) is 0 Å². The lowest BCUT2D eigenvalue weighted by Crippen LogP contribution is -2.33. The molecule has 2 amide bonds. The van der Waals surface area contributed by atoms with Gasteiger partial charge in [0.05, 0.1) is 17.8 Å². The average molecular weight is 329 g/mol. The molecule has 0 saturated heterocycles. The number of benzene rings is 1. The Hall–Kier alpha value is -1.89. The van der Waals surface area contributed by atoms with Crippen LogP contribution in [-0.2, 0) is 9.59 Å². The molecule has 1 aromatic rings. The van der Waals surface area contributed by atoms with E-state index >= 15 is 0 Å². The fourth-order valence-corrected chi connectivity index (χ4v) is 1.68. The van der Waals surface area contributed by atoms with E-state index in [0.717, 1.165) is 0 Å². The molecule has 7 heteroatoms. The van der Waals surface area contributed by atoms with Crippen LogP contribution in [0.4, 0.5) is 5.69 Å². The maximum atomic E-state index is 11.7. The van der Waals surface area contributed by atoms with Crippen molar-refractivity contribution in [3.63, 3.8) is 0 Å². The molecule has 0 unspecified atom stereocenters. The zero-order valence-corrected chi connectivity index (χ0v) is 12.0. The Balaban J connectivity index is 2.87. The van der Waals surface area contributed by atoms with E-state index in [9.17, 15) is 14.4 Å². The Labute approximate surface area is 118 Å². The zero-order chi connectivity index (χ0) is 14.6. The second kappa shape index (κ2) is 6.33. The number of likely N-dealkylation sites (N-methyl/N-ethyl adjacent to an activating group) is 1. The number of amides is 2. The molecule has 6 nitrogen and oxygen atoms in total. The fourth-order valence-electron chi connectivity index (χ4n) is 1.32. The summed E-state index contributed by atoms with van der Waals surface area (Å²) in [7, 11) is 1.49. The zero-order valence-electron chi connectivity index (χ0n) is 10.4. The highest BCUT2D eigenvalue weighted by Crippen LogP contribution is 2.21. The molecule has 1 aromatic carbocycles. The number of carboxylic acid groups (broad SMARTS) is 1. The molecule has 0 bridgehead atoms. The monoisotopic (exact) mass is 328 g/mol. The highest BCUT2D eigenvalue weighted by atomic mass is 79.9. The van der Waals surface area contributed by atoms with Gasteiger partial charge in [-0.2, -0.15) is 0 Å². The van der Waals surface area contributed by atoms with E-state index in [-0.39, 0.29) is 23.7 Å². The van der Waals surface area contributed by atoms with Gasteiger partial charge in [-0.15, -0.1) is 0 Å². The molecule has 0 atom stereocenters. The number of anilines is 1. The third-order valence-corrected chi connectivity index (χ3v) is 2.90. The van der Waals surface area contributed by atoms with Crippen molar-refractivity contribution in [1.82, 2.24) is 4.90 Å². The molecule has 102 valence electrons. The quantitative estimate of drug-likeness (QED) is 0.878. The Morgan fingerprint density at radius 3 is 2.53 bits per heavy atom. The van der Waals surface area contributed by atoms with Gasteiger partial charge in [-0.3, -0.25) is 9.59 Å². The SMILES string of the molecule is CC(=O)N(C)CC(=O)Nc1cc(Br)ccc1C(=O)O. The summed E-state index contributed by atoms with van der Waals surface area (Å²) in [4.78, 5) is 34.9. The molecular weight excluding hydrogens is 316 g/mol. The van der Waals surface area contributed by atoms with Gasteiger partial charge in [0, 0.05) is 18.4 Å². The van der Waals surface area contributed by atoms with E-state index < -0.39 is 11.9 Å². The van der Waals surface area contributed by atoms with Gasteiger partial charge in [0.25, 0.3) is 0 Å². The number of nitrogens with one attached hydrogen (secondary N) is 1. The van der Waals surface area contributed by atoms with Crippen molar-refractivity contribution in [1.29, 1.82) is 0 Å². The predicted octanol–water partition coefficient (Wildman–Crippen LogP) is 1.56. The third kappa shape index (κ3) is 4.36. The van der Waals surface area contributed by atoms with E-state index in [2.05, 4.69) is 21.2 Å². The van der Waals surface area contributed by atoms with Gasteiger partial charge in [0.1, 0.15) is 0 Å². The van der Waals surface area contributed by atoms with Crippen LogP contribution in [0.25, 0.3) is 0 Å². The van der Waals surface area contributed by atoms with Crippen LogP contribution in [0.15, 0.2) is 22.7 Å². The Morgan fingerprint density at radius 1 is 1.37 bits per heavy atom. The predicted molar refractivity (Wildman–Crippen MR) is 73.0 cm³/mol. The Morgan fingerprint density at radius 2 is 2.00 bits per heavy atom. The number of halogens is 1. The molecule has 0 fully saturated rings. The number of carbonyl (C=O) groups excluding carboxylic acids is 2. The van der Waals surface area contributed by atoms with Crippen LogP contribution in [0.2, 0.25) is 0 Å². The standard InChI is InChI=1S/C12H13BrN2O4/c1-7(16)15(2)6-11(17)14-10-5-8(13)3-4-9(10)12(18)19/h3-5H,6H2,1-2H3,(H,14,17)(H,18,19). The summed E-state index contributed by atoms with van der Waals surface area (Å²) in [5.74, 6) is -1.84. The highest BCUT2D eigenvalue weighted by molar-refractivity contribution is 9.10. The molecule has 0 saturated carbocycles. The third-order valence-electron chi connectivity index (χ3n) is 2.40. The van der Waals surface area contributed by atoms with Gasteiger partial charge in [0.15, 0.2) is 0 Å². The van der Waals surface area contributed by atoms with Gasteiger partial charge < -0.3 is 15.3 Å². The maximum Gasteiger partial charge on any atom is 0.337 e. The van der Waals surface area contributed by atoms with E-state index in [1.807, 2.05) is 0 Å². The van der Waals surface area contributed by atoms with Crippen molar-refractivity contribution in [2.75, 3.05) is 18.9 Å². The second-order valence-corrected chi connectivity index (χ2v) is 4.83. The summed E-state index contributed by atoms with van der Waals surface area (Å²) in [5.41, 5.74) is 0.172. The van der Waals surface area contributed by atoms with E-state index in [0.29, 0.717) is 4.47 Å². The van der Waals surface area contributed by atoms with Gasteiger partial charge in [0.2, 0.25) is 11.8 Å². The largest absolute Gasteiger partial charge is 0.478 e. The minimum atomic E-state index is -1.14. The number of carboxylic acids is 1. The topological polar surface area (TPSA) is 86.7 Å². The Bertz CT molecular complexity index is 530. The number of nitrogens with zero attached hydrogens (tertiary/aromatic N) is 1. The van der Waals surface area contributed by atoms with Crippen LogP contribution in [-0.4, -0.2) is 41.4 Å². The minimum Gasteiger partial charge on any atom is -0.478 e. The first-order valence-corrected chi connectivity index (χ1v) is 6.15. The number of hydrogen-bond acceptors (Lipinski definition) is 3. The van der Waals surface area contributed by atoms with Gasteiger partial charge >= 0.3 is 5.97 Å². The van der Waals surface area contributed by atoms with Crippen LogP contribution < -0.4 is 5.32 Å². The first-order valence-electron chi connectivity index (χ1n) is 5.35. The summed E-state index contributed by atoms with van der Waals surface area (Å²) in [6, 6.07) is 4.45. The number of carbonyl (C=O) groups is 3. The average Bonchev–Trinajstić information content (AvgIpc) is 2.27. The van der Waals surface area contributed by atoms with Crippen molar-refractivity contribution < 1.29 is 19.5 Å². The van der Waals surface area contributed by atoms with Crippen molar-refractivity contribution in [3.05, 3.63) is 28.2 Å². The lowest BCUT2D eigenvalue weighted by molar-refractivity contribution is -0.131. The molecule has 2 N–H and O–H groups in total. The molecule has 0 aliphatic heterocycles. The number of aromatic carboxylic acids is 1. The molecule has 0 aromatic heterocycles. The van der Waals surface area contributed by atoms with Crippen LogP contribution >= 0.6 is 15.9 Å². The summed E-state index contributed by atoms with van der Waals surface area (Å²) in [5, 5.41) is 11.5. The van der Waals surface area contributed by atoms with E-state index in [4.69, 9.17) is 5.11 Å². The molecule has 0 spiro atoms. The smallest absolute Gasteiger partial charge is 0.337 e. The van der Waals surface area contributed by atoms with Crippen LogP contribution in [0.1, 0.15) is 17.3 Å². The van der Waals surface area contributed by atoms with E-state index in [1.54, 1.807) is 6.07 Å². The molecule has 0 radical (unpaired) electrons. The van der Waals surface area contributed by atoms with Crippen molar-refractivity contribution in [2.45, 2.75) is 6.92 Å². The van der Waals surface area contributed by atoms with Crippen LogP contribution in [0.3, 0.4) is 0 Å². The fraction of sp³-hybridized carbons (Fsp3) is 0.250. The highest BCUT2D eigenvalue weighted by Gasteiger charge is 2.14. The summed E-state index contributed by atoms with van der Waals surface area (Å²) >= 11 is 3.20. The van der Waals surface area contributed by atoms with E-state index in [1.165, 1.54) is 31.0 Å². The molecular formula is C12H13BrN2O4. The van der Waals surface area contributed by atoms with Crippen LogP contribution in [0.5, 0.6) is 0 Å². The van der Waals surface area contributed by atoms with Crippen LogP contribution in [0, 0.1) is 0 Å². The number of hydrogen-bond donors (Lipinski definition) is 2. The van der Waals surface area contributed by atoms with Gasteiger partial charge in [-0.05, 0) is 18.2 Å². The summed E-state index contributed by atoms with van der Waals surface area (Å²) in [6.07, 6.45) is 0. The van der Waals surface area contributed by atoms with Crippen molar-refractivity contribution >= 4 is 39.4 Å². The van der Waals surface area contributed by atoms with Gasteiger partial charge in [-0.1, -0.05) is 15.9 Å².